The maximum Gasteiger partial charge on any atom is 0.184 e. The molecule has 76 valence electrons. The van der Waals surface area contributed by atoms with Gasteiger partial charge in [-0.05, 0) is 12.5 Å². The molecule has 0 aliphatic rings. The molecule has 0 atom stereocenters. The average Bonchev–Trinajstić information content (AvgIpc) is 2.65. The summed E-state index contributed by atoms with van der Waals surface area (Å²) >= 11 is 0. The Hall–Kier alpha value is -1.90. The van der Waals surface area contributed by atoms with Crippen molar-refractivity contribution in [3.05, 3.63) is 53.9 Å². The minimum absolute atomic E-state index is 0.0821. The summed E-state index contributed by atoms with van der Waals surface area (Å²) in [6.45, 7) is 2.26. The highest BCUT2D eigenvalue weighted by Gasteiger charge is 2.05. The molecule has 0 unspecified atom stereocenters. The molecule has 0 amide bonds. The van der Waals surface area contributed by atoms with E-state index in [4.69, 9.17) is 0 Å². The van der Waals surface area contributed by atoms with Crippen LogP contribution in [0, 0.1) is 6.92 Å². The molecule has 2 rings (SSSR count). The van der Waals surface area contributed by atoms with E-state index in [0.29, 0.717) is 6.54 Å². The number of carbonyl (C=O) groups excluding carboxylic acids is 1. The van der Waals surface area contributed by atoms with Crippen LogP contribution in [0.5, 0.6) is 0 Å². The van der Waals surface area contributed by atoms with E-state index in [-0.39, 0.29) is 5.78 Å². The van der Waals surface area contributed by atoms with Crippen molar-refractivity contribution in [2.75, 3.05) is 0 Å². The van der Waals surface area contributed by atoms with Gasteiger partial charge in [0, 0.05) is 11.8 Å². The number of carbonyl (C=O) groups is 1. The van der Waals surface area contributed by atoms with E-state index in [1.807, 2.05) is 43.5 Å². The van der Waals surface area contributed by atoms with Crippen LogP contribution in [0.3, 0.4) is 0 Å². The van der Waals surface area contributed by atoms with E-state index in [1.54, 1.807) is 10.9 Å². The number of hydrogen-bond donors (Lipinski definition) is 0. The van der Waals surface area contributed by atoms with Gasteiger partial charge in [-0.25, -0.2) is 0 Å². The van der Waals surface area contributed by atoms with Gasteiger partial charge < -0.3 is 0 Å². The zero-order valence-corrected chi connectivity index (χ0v) is 8.55. The summed E-state index contributed by atoms with van der Waals surface area (Å²) < 4.78 is 1.66. The monoisotopic (exact) mass is 200 g/mol. The molecule has 0 fully saturated rings. The van der Waals surface area contributed by atoms with Gasteiger partial charge >= 0.3 is 0 Å². The highest BCUT2D eigenvalue weighted by Crippen LogP contribution is 2.02. The molecule has 1 heterocycles. The Labute approximate surface area is 88.4 Å². The highest BCUT2D eigenvalue weighted by molar-refractivity contribution is 5.95. The minimum atomic E-state index is 0.0821. The number of rotatable bonds is 3. The zero-order valence-electron chi connectivity index (χ0n) is 8.55. The SMILES string of the molecule is Cc1cnn(CC(=O)c2ccccc2)c1. The molecule has 0 N–H and O–H groups in total. The predicted molar refractivity (Wildman–Crippen MR) is 57.7 cm³/mol. The van der Waals surface area contributed by atoms with Crippen molar-refractivity contribution in [1.29, 1.82) is 0 Å². The van der Waals surface area contributed by atoms with Gasteiger partial charge in [-0.15, -0.1) is 0 Å². The molecule has 0 saturated heterocycles. The van der Waals surface area contributed by atoms with Crippen LogP contribution in [0.15, 0.2) is 42.7 Å². The van der Waals surface area contributed by atoms with Gasteiger partial charge in [0.1, 0.15) is 6.54 Å². The van der Waals surface area contributed by atoms with E-state index in [1.165, 1.54) is 0 Å². The fourth-order valence-electron chi connectivity index (χ4n) is 1.42. The number of benzene rings is 1. The summed E-state index contributed by atoms with van der Waals surface area (Å²) in [6, 6.07) is 9.26. The summed E-state index contributed by atoms with van der Waals surface area (Å²) in [5.41, 5.74) is 1.79. The van der Waals surface area contributed by atoms with Gasteiger partial charge in [-0.1, -0.05) is 30.3 Å². The van der Waals surface area contributed by atoms with Gasteiger partial charge in [0.05, 0.1) is 6.20 Å². The maximum atomic E-state index is 11.8. The molecule has 1 aromatic carbocycles. The Morgan fingerprint density at radius 3 is 2.67 bits per heavy atom. The smallest absolute Gasteiger partial charge is 0.184 e. The molecule has 0 radical (unpaired) electrons. The van der Waals surface area contributed by atoms with Crippen LogP contribution in [0.2, 0.25) is 0 Å². The molecule has 0 aliphatic carbocycles. The van der Waals surface area contributed by atoms with Crippen molar-refractivity contribution in [3.63, 3.8) is 0 Å². The maximum absolute atomic E-state index is 11.8. The van der Waals surface area contributed by atoms with Gasteiger partial charge in [0.25, 0.3) is 0 Å². The van der Waals surface area contributed by atoms with Crippen molar-refractivity contribution in [3.8, 4) is 0 Å². The second-order valence-electron chi connectivity index (χ2n) is 3.50. The Kier molecular flexibility index (Phi) is 2.63. The molecule has 0 bridgehead atoms. The minimum Gasteiger partial charge on any atom is -0.292 e. The van der Waals surface area contributed by atoms with Crippen molar-refractivity contribution >= 4 is 5.78 Å². The second-order valence-corrected chi connectivity index (χ2v) is 3.50. The zero-order chi connectivity index (χ0) is 10.7. The highest BCUT2D eigenvalue weighted by atomic mass is 16.1. The Morgan fingerprint density at radius 1 is 1.33 bits per heavy atom. The van der Waals surface area contributed by atoms with Crippen molar-refractivity contribution in [2.45, 2.75) is 13.5 Å². The van der Waals surface area contributed by atoms with E-state index in [9.17, 15) is 4.79 Å². The van der Waals surface area contributed by atoms with Crippen LogP contribution in [-0.2, 0) is 6.54 Å². The van der Waals surface area contributed by atoms with Crippen LogP contribution < -0.4 is 0 Å². The first-order valence-electron chi connectivity index (χ1n) is 4.83. The fraction of sp³-hybridized carbons (Fsp3) is 0.167. The second kappa shape index (κ2) is 4.09. The molecule has 0 aliphatic heterocycles. The third-order valence-corrected chi connectivity index (χ3v) is 2.16. The number of aryl methyl sites for hydroxylation is 1. The third kappa shape index (κ3) is 2.31. The number of hydrogen-bond acceptors (Lipinski definition) is 2. The van der Waals surface area contributed by atoms with Crippen LogP contribution in [0.25, 0.3) is 0 Å². The Morgan fingerprint density at radius 2 is 2.07 bits per heavy atom. The molecule has 3 heteroatoms. The molecule has 0 saturated carbocycles. The Balaban J connectivity index is 2.11. The lowest BCUT2D eigenvalue weighted by Gasteiger charge is -2.00. The summed E-state index contributed by atoms with van der Waals surface area (Å²) in [4.78, 5) is 11.8. The van der Waals surface area contributed by atoms with Crippen molar-refractivity contribution in [2.24, 2.45) is 0 Å². The summed E-state index contributed by atoms with van der Waals surface area (Å²) in [5.74, 6) is 0.0821. The van der Waals surface area contributed by atoms with Crippen molar-refractivity contribution in [1.82, 2.24) is 9.78 Å². The molecular formula is C12H12N2O. The summed E-state index contributed by atoms with van der Waals surface area (Å²) in [5, 5.41) is 4.08. The quantitative estimate of drug-likeness (QED) is 0.711. The first kappa shape index (κ1) is 9.65. The Bertz CT molecular complexity index is 459. The van der Waals surface area contributed by atoms with Gasteiger partial charge in [0.15, 0.2) is 5.78 Å². The number of Topliss-reactive ketones (excluding diaryl/α,β-unsaturated/α-hetero) is 1. The van der Waals surface area contributed by atoms with Crippen LogP contribution in [0.4, 0.5) is 0 Å². The fourth-order valence-corrected chi connectivity index (χ4v) is 1.42. The first-order chi connectivity index (χ1) is 7.25. The van der Waals surface area contributed by atoms with Gasteiger partial charge in [-0.3, -0.25) is 9.48 Å². The lowest BCUT2D eigenvalue weighted by Crippen LogP contribution is -2.10. The van der Waals surface area contributed by atoms with E-state index in [0.717, 1.165) is 11.1 Å². The molecule has 0 spiro atoms. The number of aromatic nitrogens is 2. The molecule has 1 aromatic heterocycles. The molecule has 15 heavy (non-hydrogen) atoms. The standard InChI is InChI=1S/C12H12N2O/c1-10-7-13-14(8-10)9-12(15)11-5-3-2-4-6-11/h2-8H,9H2,1H3. The third-order valence-electron chi connectivity index (χ3n) is 2.16. The molecular weight excluding hydrogens is 188 g/mol. The van der Waals surface area contributed by atoms with Crippen LogP contribution in [0.1, 0.15) is 15.9 Å². The lowest BCUT2D eigenvalue weighted by molar-refractivity contribution is 0.0967. The molecule has 3 nitrogen and oxygen atoms in total. The molecule has 2 aromatic rings. The normalized spacial score (nSPS) is 10.2. The topological polar surface area (TPSA) is 34.9 Å². The van der Waals surface area contributed by atoms with Gasteiger partial charge in [0.2, 0.25) is 0 Å². The van der Waals surface area contributed by atoms with Gasteiger partial charge in [-0.2, -0.15) is 5.10 Å². The summed E-state index contributed by atoms with van der Waals surface area (Å²) in [7, 11) is 0. The number of ketones is 1. The van der Waals surface area contributed by atoms with Crippen LogP contribution >= 0.6 is 0 Å². The largest absolute Gasteiger partial charge is 0.292 e. The lowest BCUT2D eigenvalue weighted by atomic mass is 10.1. The predicted octanol–water partition coefficient (Wildman–Crippen LogP) is 2.07. The van der Waals surface area contributed by atoms with E-state index < -0.39 is 0 Å². The van der Waals surface area contributed by atoms with Crippen LogP contribution in [-0.4, -0.2) is 15.6 Å². The number of nitrogens with zero attached hydrogens (tertiary/aromatic N) is 2. The first-order valence-corrected chi connectivity index (χ1v) is 4.83. The van der Waals surface area contributed by atoms with Crippen molar-refractivity contribution < 1.29 is 4.79 Å². The van der Waals surface area contributed by atoms with E-state index in [2.05, 4.69) is 5.10 Å². The van der Waals surface area contributed by atoms with E-state index >= 15 is 0 Å². The average molecular weight is 200 g/mol. The summed E-state index contributed by atoms with van der Waals surface area (Å²) in [6.07, 6.45) is 3.61.